The van der Waals surface area contributed by atoms with Crippen LogP contribution in [0, 0.1) is 23.7 Å². The summed E-state index contributed by atoms with van der Waals surface area (Å²) in [5.41, 5.74) is 0. The van der Waals surface area contributed by atoms with Gasteiger partial charge in [0.1, 0.15) is 6.04 Å². The number of urea groups is 1. The van der Waals surface area contributed by atoms with Crippen LogP contribution in [0.1, 0.15) is 39.0 Å². The lowest BCUT2D eigenvalue weighted by Gasteiger charge is -2.25. The quantitative estimate of drug-likeness (QED) is 0.808. The first kappa shape index (κ1) is 13.7. The monoisotopic (exact) mass is 280 g/mol. The van der Waals surface area contributed by atoms with Crippen LogP contribution < -0.4 is 5.32 Å². The number of nitrogens with zero attached hydrogens (tertiary/aromatic N) is 1. The molecule has 5 heteroatoms. The van der Waals surface area contributed by atoms with Gasteiger partial charge in [0.05, 0.1) is 0 Å². The van der Waals surface area contributed by atoms with E-state index < -0.39 is 12.0 Å². The van der Waals surface area contributed by atoms with Crippen molar-refractivity contribution in [1.82, 2.24) is 10.2 Å². The first-order valence-corrected chi connectivity index (χ1v) is 7.85. The van der Waals surface area contributed by atoms with Crippen LogP contribution in [0.15, 0.2) is 0 Å². The molecule has 112 valence electrons. The molecule has 20 heavy (non-hydrogen) atoms. The molecule has 0 radical (unpaired) electrons. The molecule has 3 fully saturated rings. The lowest BCUT2D eigenvalue weighted by Crippen LogP contribution is -2.48. The minimum atomic E-state index is -0.883. The molecule has 5 nitrogen and oxygen atoms in total. The molecular formula is C15H24N2O3. The van der Waals surface area contributed by atoms with E-state index in [1.54, 1.807) is 0 Å². The van der Waals surface area contributed by atoms with E-state index in [2.05, 4.69) is 5.32 Å². The average Bonchev–Trinajstić information content (AvgIpc) is 3.29. The van der Waals surface area contributed by atoms with E-state index in [-0.39, 0.29) is 11.9 Å². The topological polar surface area (TPSA) is 69.6 Å². The van der Waals surface area contributed by atoms with Gasteiger partial charge in [-0.15, -0.1) is 0 Å². The second-order valence-electron chi connectivity index (χ2n) is 6.77. The van der Waals surface area contributed by atoms with Crippen molar-refractivity contribution in [3.05, 3.63) is 0 Å². The molecule has 1 heterocycles. The molecule has 1 saturated heterocycles. The van der Waals surface area contributed by atoms with E-state index in [1.165, 1.54) is 30.6 Å². The highest BCUT2D eigenvalue weighted by Crippen LogP contribution is 2.48. The fraction of sp³-hybridized carbons (Fsp3) is 0.867. The van der Waals surface area contributed by atoms with Gasteiger partial charge in [-0.2, -0.15) is 0 Å². The summed E-state index contributed by atoms with van der Waals surface area (Å²) in [6.07, 6.45) is 5.98. The summed E-state index contributed by atoms with van der Waals surface area (Å²) in [6.45, 7) is 3.19. The minimum absolute atomic E-state index is 0.0425. The van der Waals surface area contributed by atoms with E-state index in [0.29, 0.717) is 12.5 Å². The highest BCUT2D eigenvalue weighted by Gasteiger charge is 2.43. The summed E-state index contributed by atoms with van der Waals surface area (Å²) < 4.78 is 0. The van der Waals surface area contributed by atoms with Crippen LogP contribution >= 0.6 is 0 Å². The molecule has 3 rings (SSSR count). The first-order valence-electron chi connectivity index (χ1n) is 7.85. The molecule has 2 saturated carbocycles. The molecular weight excluding hydrogens is 256 g/mol. The number of carboxylic acid groups (broad SMARTS) is 1. The number of carboxylic acids is 1. The number of aliphatic carboxylic acids is 1. The molecule has 1 aliphatic heterocycles. The largest absolute Gasteiger partial charge is 0.480 e. The van der Waals surface area contributed by atoms with Gasteiger partial charge in [0.2, 0.25) is 0 Å². The molecule has 3 aliphatic rings. The second kappa shape index (κ2) is 5.26. The maximum Gasteiger partial charge on any atom is 0.326 e. The van der Waals surface area contributed by atoms with Gasteiger partial charge in [-0.1, -0.05) is 6.92 Å². The van der Waals surface area contributed by atoms with Crippen molar-refractivity contribution in [3.8, 4) is 0 Å². The van der Waals surface area contributed by atoms with Gasteiger partial charge >= 0.3 is 12.0 Å². The van der Waals surface area contributed by atoms with Crippen LogP contribution in [0.4, 0.5) is 4.79 Å². The molecule has 2 aliphatic carbocycles. The molecule has 2 N–H and O–H groups in total. The van der Waals surface area contributed by atoms with Gasteiger partial charge in [-0.05, 0) is 55.8 Å². The van der Waals surface area contributed by atoms with Crippen LogP contribution in [-0.2, 0) is 4.79 Å². The SMILES string of the molecule is CC1CCN(C(=O)NCC(C2CC2)C2CC2)C1C(=O)O. The highest BCUT2D eigenvalue weighted by molar-refractivity contribution is 5.83. The zero-order valence-electron chi connectivity index (χ0n) is 12.0. The number of rotatable bonds is 5. The zero-order valence-corrected chi connectivity index (χ0v) is 12.0. The molecule has 0 aromatic heterocycles. The third-order valence-corrected chi connectivity index (χ3v) is 5.16. The lowest BCUT2D eigenvalue weighted by molar-refractivity contribution is -0.142. The smallest absolute Gasteiger partial charge is 0.326 e. The number of carbonyl (C=O) groups excluding carboxylic acids is 1. The Hall–Kier alpha value is -1.26. The van der Waals surface area contributed by atoms with Crippen molar-refractivity contribution < 1.29 is 14.7 Å². The Bertz CT molecular complexity index is 392. The molecule has 0 spiro atoms. The highest BCUT2D eigenvalue weighted by atomic mass is 16.4. The minimum Gasteiger partial charge on any atom is -0.480 e. The Morgan fingerprint density at radius 3 is 2.30 bits per heavy atom. The number of likely N-dealkylation sites (tertiary alicyclic amines) is 1. The van der Waals surface area contributed by atoms with Gasteiger partial charge in [0.15, 0.2) is 0 Å². The van der Waals surface area contributed by atoms with Crippen molar-refractivity contribution in [2.24, 2.45) is 23.7 Å². The third-order valence-electron chi connectivity index (χ3n) is 5.16. The maximum atomic E-state index is 12.2. The Labute approximate surface area is 119 Å². The van der Waals surface area contributed by atoms with Crippen LogP contribution in [-0.4, -0.2) is 41.1 Å². The summed E-state index contributed by atoms with van der Waals surface area (Å²) in [5.74, 6) is 1.39. The summed E-state index contributed by atoms with van der Waals surface area (Å²) in [5, 5.41) is 12.3. The van der Waals surface area contributed by atoms with E-state index >= 15 is 0 Å². The fourth-order valence-electron chi connectivity index (χ4n) is 3.63. The molecule has 2 atom stereocenters. The normalized spacial score (nSPS) is 29.8. The molecule has 2 unspecified atom stereocenters. The number of amides is 2. The van der Waals surface area contributed by atoms with Crippen LogP contribution in [0.3, 0.4) is 0 Å². The zero-order chi connectivity index (χ0) is 14.3. The maximum absolute atomic E-state index is 12.2. The number of hydrogen-bond acceptors (Lipinski definition) is 2. The summed E-state index contributed by atoms with van der Waals surface area (Å²) in [7, 11) is 0. The molecule has 0 aromatic rings. The second-order valence-corrected chi connectivity index (χ2v) is 6.77. The van der Waals surface area contributed by atoms with E-state index in [0.717, 1.165) is 24.8 Å². The van der Waals surface area contributed by atoms with Crippen molar-refractivity contribution in [3.63, 3.8) is 0 Å². The lowest BCUT2D eigenvalue weighted by atomic mass is 9.98. The Morgan fingerprint density at radius 2 is 1.80 bits per heavy atom. The number of hydrogen-bond donors (Lipinski definition) is 2. The standard InChI is InChI=1S/C15H24N2O3/c1-9-6-7-17(13(9)14(18)19)15(20)16-8-12(10-2-3-10)11-4-5-11/h9-13H,2-8H2,1H3,(H,16,20)(H,18,19). The number of nitrogens with one attached hydrogen (secondary N) is 1. The van der Waals surface area contributed by atoms with Crippen LogP contribution in [0.2, 0.25) is 0 Å². The summed E-state index contributed by atoms with van der Waals surface area (Å²) >= 11 is 0. The molecule has 2 amide bonds. The Morgan fingerprint density at radius 1 is 1.20 bits per heavy atom. The van der Waals surface area contributed by atoms with Crippen molar-refractivity contribution >= 4 is 12.0 Å². The van der Waals surface area contributed by atoms with E-state index in [1.807, 2.05) is 6.92 Å². The predicted molar refractivity (Wildman–Crippen MR) is 74.2 cm³/mol. The van der Waals surface area contributed by atoms with Crippen molar-refractivity contribution in [1.29, 1.82) is 0 Å². The first-order chi connectivity index (χ1) is 9.58. The van der Waals surface area contributed by atoms with Crippen molar-refractivity contribution in [2.45, 2.75) is 45.1 Å². The van der Waals surface area contributed by atoms with Crippen LogP contribution in [0.5, 0.6) is 0 Å². The third kappa shape index (κ3) is 2.76. The van der Waals surface area contributed by atoms with E-state index in [4.69, 9.17) is 0 Å². The van der Waals surface area contributed by atoms with Crippen molar-refractivity contribution in [2.75, 3.05) is 13.1 Å². The van der Waals surface area contributed by atoms with Gasteiger partial charge < -0.3 is 15.3 Å². The van der Waals surface area contributed by atoms with E-state index in [9.17, 15) is 14.7 Å². The molecule has 0 aromatic carbocycles. The van der Waals surface area contributed by atoms with Gasteiger partial charge in [0, 0.05) is 13.1 Å². The predicted octanol–water partition coefficient (Wildman–Crippen LogP) is 1.93. The summed E-state index contributed by atoms with van der Waals surface area (Å²) in [4.78, 5) is 25.0. The average molecular weight is 280 g/mol. The van der Waals surface area contributed by atoms with Gasteiger partial charge in [-0.3, -0.25) is 0 Å². The Kier molecular flexibility index (Phi) is 3.61. The number of carbonyl (C=O) groups is 2. The molecule has 0 bridgehead atoms. The van der Waals surface area contributed by atoms with Crippen LogP contribution in [0.25, 0.3) is 0 Å². The van der Waals surface area contributed by atoms with Gasteiger partial charge in [0.25, 0.3) is 0 Å². The van der Waals surface area contributed by atoms with Gasteiger partial charge in [-0.25, -0.2) is 9.59 Å². The summed E-state index contributed by atoms with van der Waals surface area (Å²) in [6, 6.07) is -0.844. The fourth-order valence-corrected chi connectivity index (χ4v) is 3.63. The Balaban J connectivity index is 1.54.